The van der Waals surface area contributed by atoms with Crippen LogP contribution in [0.4, 0.5) is 34.3 Å². The number of hydrogen-bond donors (Lipinski definition) is 0. The van der Waals surface area contributed by atoms with E-state index < -0.39 is 0 Å². The third kappa shape index (κ3) is 5.72. The fourth-order valence-electron chi connectivity index (χ4n) is 8.58. The van der Waals surface area contributed by atoms with Gasteiger partial charge in [-0.3, -0.25) is 4.90 Å². The molecule has 1 heterocycles. The molecule has 1 aromatic heterocycles. The van der Waals surface area contributed by atoms with E-state index in [4.69, 9.17) is 4.98 Å². The molecule has 1 aliphatic rings. The van der Waals surface area contributed by atoms with Gasteiger partial charge < -0.3 is 4.90 Å². The van der Waals surface area contributed by atoms with Crippen molar-refractivity contribution in [3.05, 3.63) is 211 Å². The Balaban J connectivity index is 1.03. The van der Waals surface area contributed by atoms with E-state index in [-0.39, 0.29) is 5.41 Å². The number of pyridine rings is 1. The Labute approximate surface area is 328 Å². The average Bonchev–Trinajstić information content (AvgIpc) is 3.47. The number of aromatic nitrogens is 1. The molecule has 0 atom stereocenters. The van der Waals surface area contributed by atoms with E-state index in [1.807, 2.05) is 6.20 Å². The summed E-state index contributed by atoms with van der Waals surface area (Å²) >= 11 is 0. The molecule has 0 saturated heterocycles. The minimum absolute atomic E-state index is 0.0985. The highest BCUT2D eigenvalue weighted by Gasteiger charge is 2.35. The SMILES string of the molecule is Cc1ccc(N(c2ccc3ccccc3c2)c2ccc(-c3ccc(N(c4ccc5c(c4)C(C)(C)c4ccccc4-5)c4cccc5ccccc45)cc3)cn2)cc1. The zero-order chi connectivity index (χ0) is 37.8. The van der Waals surface area contributed by atoms with E-state index in [1.165, 1.54) is 49.4 Å². The van der Waals surface area contributed by atoms with Crippen molar-refractivity contribution in [2.24, 2.45) is 0 Å². The number of anilines is 6. The van der Waals surface area contributed by atoms with Gasteiger partial charge >= 0.3 is 0 Å². The van der Waals surface area contributed by atoms with E-state index in [9.17, 15) is 0 Å². The lowest BCUT2D eigenvalue weighted by Gasteiger charge is -2.29. The van der Waals surface area contributed by atoms with Crippen molar-refractivity contribution in [3.8, 4) is 22.3 Å². The first-order valence-corrected chi connectivity index (χ1v) is 19.4. The predicted octanol–water partition coefficient (Wildman–Crippen LogP) is 14.6. The van der Waals surface area contributed by atoms with E-state index in [0.29, 0.717) is 0 Å². The molecule has 0 saturated carbocycles. The van der Waals surface area contributed by atoms with Crippen molar-refractivity contribution in [2.45, 2.75) is 26.2 Å². The van der Waals surface area contributed by atoms with Crippen LogP contribution in [0.5, 0.6) is 0 Å². The number of nitrogens with zero attached hydrogens (tertiary/aromatic N) is 3. The number of fused-ring (bicyclic) bond motifs is 5. The molecule has 1 aliphatic carbocycles. The summed E-state index contributed by atoms with van der Waals surface area (Å²) in [5.74, 6) is 0.869. The monoisotopic (exact) mass is 719 g/mol. The second kappa shape index (κ2) is 13.4. The fourth-order valence-corrected chi connectivity index (χ4v) is 8.58. The van der Waals surface area contributed by atoms with Gasteiger partial charge in [0.25, 0.3) is 0 Å². The van der Waals surface area contributed by atoms with Crippen LogP contribution < -0.4 is 9.80 Å². The molecule has 3 nitrogen and oxygen atoms in total. The first-order valence-electron chi connectivity index (χ1n) is 19.4. The topological polar surface area (TPSA) is 19.4 Å². The molecular weight excluding hydrogens is 679 g/mol. The van der Waals surface area contributed by atoms with E-state index in [1.54, 1.807) is 0 Å². The molecule has 0 unspecified atom stereocenters. The van der Waals surface area contributed by atoms with Gasteiger partial charge in [0.1, 0.15) is 5.82 Å². The van der Waals surface area contributed by atoms with Crippen molar-refractivity contribution in [3.63, 3.8) is 0 Å². The van der Waals surface area contributed by atoms with Gasteiger partial charge in [-0.2, -0.15) is 0 Å². The molecular formula is C53H41N3. The van der Waals surface area contributed by atoms with Gasteiger partial charge in [-0.15, -0.1) is 0 Å². The van der Waals surface area contributed by atoms with E-state index in [2.05, 4.69) is 219 Å². The molecule has 0 fully saturated rings. The van der Waals surface area contributed by atoms with Crippen LogP contribution >= 0.6 is 0 Å². The molecule has 0 amide bonds. The fraction of sp³-hybridized carbons (Fsp3) is 0.0755. The number of hydrogen-bond acceptors (Lipinski definition) is 3. The summed E-state index contributed by atoms with van der Waals surface area (Å²) in [7, 11) is 0. The van der Waals surface area contributed by atoms with E-state index in [0.717, 1.165) is 45.4 Å². The molecule has 56 heavy (non-hydrogen) atoms. The largest absolute Gasteiger partial charge is 0.310 e. The van der Waals surface area contributed by atoms with Gasteiger partial charge in [0.15, 0.2) is 0 Å². The minimum atomic E-state index is -0.0985. The Hall–Kier alpha value is -6.97. The molecule has 0 radical (unpaired) electrons. The first kappa shape index (κ1) is 33.6. The highest BCUT2D eigenvalue weighted by molar-refractivity contribution is 5.99. The highest BCUT2D eigenvalue weighted by Crippen LogP contribution is 2.51. The van der Waals surface area contributed by atoms with Crippen LogP contribution in [0.15, 0.2) is 194 Å². The molecule has 0 spiro atoms. The standard InChI is InChI=1S/C53H41N3/c1-36-19-25-43(26-20-36)56(44-29-23-37-11-4-5-13-40(37)33-44)52-32-24-41(35-54-52)38-21-27-42(28-22-38)55(51-18-10-14-39-12-6-7-15-46(39)51)45-30-31-48-47-16-8-9-17-49(47)53(2,3)50(48)34-45/h4-35H,1-3H3. The normalized spacial score (nSPS) is 12.7. The highest BCUT2D eigenvalue weighted by atomic mass is 15.2. The number of rotatable bonds is 7. The van der Waals surface area contributed by atoms with Crippen molar-refractivity contribution in [2.75, 3.05) is 9.80 Å². The Bertz CT molecular complexity index is 2880. The van der Waals surface area contributed by atoms with E-state index >= 15 is 0 Å². The Morgan fingerprint density at radius 3 is 1.84 bits per heavy atom. The maximum Gasteiger partial charge on any atom is 0.137 e. The zero-order valence-corrected chi connectivity index (χ0v) is 31.8. The quantitative estimate of drug-likeness (QED) is 0.163. The van der Waals surface area contributed by atoms with Crippen LogP contribution in [0, 0.1) is 6.92 Å². The third-order valence-electron chi connectivity index (χ3n) is 11.6. The van der Waals surface area contributed by atoms with Gasteiger partial charge in [-0.25, -0.2) is 4.98 Å². The summed E-state index contributed by atoms with van der Waals surface area (Å²) in [6, 6.07) is 68.1. The second-order valence-electron chi connectivity index (χ2n) is 15.4. The summed E-state index contributed by atoms with van der Waals surface area (Å²) in [5, 5.41) is 4.85. The molecule has 3 heteroatoms. The maximum atomic E-state index is 5.08. The van der Waals surface area contributed by atoms with Crippen LogP contribution in [0.3, 0.4) is 0 Å². The molecule has 0 N–H and O–H groups in total. The van der Waals surface area contributed by atoms with Crippen molar-refractivity contribution in [1.82, 2.24) is 4.98 Å². The van der Waals surface area contributed by atoms with Gasteiger partial charge in [0, 0.05) is 45.3 Å². The molecule has 268 valence electrons. The number of benzene rings is 8. The second-order valence-corrected chi connectivity index (χ2v) is 15.4. The molecule has 10 rings (SSSR count). The van der Waals surface area contributed by atoms with Crippen molar-refractivity contribution >= 4 is 55.8 Å². The summed E-state index contributed by atoms with van der Waals surface area (Å²) in [4.78, 5) is 9.72. The van der Waals surface area contributed by atoms with Gasteiger partial charge in [-0.05, 0) is 118 Å². The maximum absolute atomic E-state index is 5.08. The zero-order valence-electron chi connectivity index (χ0n) is 31.8. The molecule has 0 bridgehead atoms. The average molecular weight is 720 g/mol. The lowest BCUT2D eigenvalue weighted by molar-refractivity contribution is 0.660. The predicted molar refractivity (Wildman–Crippen MR) is 236 cm³/mol. The minimum Gasteiger partial charge on any atom is -0.310 e. The van der Waals surface area contributed by atoms with Crippen LogP contribution in [0.2, 0.25) is 0 Å². The summed E-state index contributed by atoms with van der Waals surface area (Å²) < 4.78 is 0. The lowest BCUT2D eigenvalue weighted by atomic mass is 9.82. The Kier molecular flexibility index (Phi) is 8.04. The molecule has 0 aliphatic heterocycles. The van der Waals surface area contributed by atoms with Crippen molar-refractivity contribution in [1.29, 1.82) is 0 Å². The van der Waals surface area contributed by atoms with Gasteiger partial charge in [0.05, 0.1) is 5.69 Å². The molecule has 8 aromatic carbocycles. The van der Waals surface area contributed by atoms with Crippen LogP contribution in [-0.2, 0) is 5.41 Å². The van der Waals surface area contributed by atoms with Crippen LogP contribution in [-0.4, -0.2) is 4.98 Å². The van der Waals surface area contributed by atoms with Crippen LogP contribution in [0.25, 0.3) is 43.8 Å². The number of aryl methyl sites for hydroxylation is 1. The summed E-state index contributed by atoms with van der Waals surface area (Å²) in [6.45, 7) is 6.81. The van der Waals surface area contributed by atoms with Gasteiger partial charge in [0.2, 0.25) is 0 Å². The van der Waals surface area contributed by atoms with Crippen LogP contribution in [0.1, 0.15) is 30.5 Å². The summed E-state index contributed by atoms with van der Waals surface area (Å²) in [6.07, 6.45) is 2.00. The third-order valence-corrected chi connectivity index (χ3v) is 11.6. The van der Waals surface area contributed by atoms with Gasteiger partial charge in [-0.1, -0.05) is 141 Å². The lowest BCUT2D eigenvalue weighted by Crippen LogP contribution is -2.16. The van der Waals surface area contributed by atoms with Crippen molar-refractivity contribution < 1.29 is 0 Å². The Morgan fingerprint density at radius 2 is 1.04 bits per heavy atom. The smallest absolute Gasteiger partial charge is 0.137 e. The summed E-state index contributed by atoms with van der Waals surface area (Å²) in [5.41, 5.74) is 14.2. The first-order chi connectivity index (χ1) is 27.4. The molecule has 9 aromatic rings. The Morgan fingerprint density at radius 1 is 0.429 bits per heavy atom.